The molecule has 0 bridgehead atoms. The number of nitrogens with zero attached hydrogens (tertiary/aromatic N) is 1. The fourth-order valence-corrected chi connectivity index (χ4v) is 3.80. The van der Waals surface area contributed by atoms with Gasteiger partial charge in [-0.15, -0.1) is 11.3 Å². The van der Waals surface area contributed by atoms with Crippen LogP contribution in [0.5, 0.6) is 11.5 Å². The van der Waals surface area contributed by atoms with Gasteiger partial charge in [0.05, 0.1) is 16.3 Å². The average Bonchev–Trinajstić information content (AvgIpc) is 3.40. The van der Waals surface area contributed by atoms with Crippen molar-refractivity contribution in [3.8, 4) is 11.5 Å². The van der Waals surface area contributed by atoms with E-state index < -0.39 is 6.10 Å². The summed E-state index contributed by atoms with van der Waals surface area (Å²) in [6.07, 6.45) is -0.291. The van der Waals surface area contributed by atoms with Gasteiger partial charge in [0.1, 0.15) is 5.71 Å². The van der Waals surface area contributed by atoms with Crippen LogP contribution >= 0.6 is 22.9 Å². The van der Waals surface area contributed by atoms with Gasteiger partial charge in [0, 0.05) is 19.5 Å². The Hall–Kier alpha value is -2.78. The van der Waals surface area contributed by atoms with Gasteiger partial charge in [-0.2, -0.15) is 0 Å². The van der Waals surface area contributed by atoms with Gasteiger partial charge < -0.3 is 24.9 Å². The van der Waals surface area contributed by atoms with E-state index in [1.54, 1.807) is 24.3 Å². The van der Waals surface area contributed by atoms with Crippen molar-refractivity contribution in [1.29, 1.82) is 0 Å². The van der Waals surface area contributed by atoms with Crippen LogP contribution in [0.3, 0.4) is 0 Å². The Morgan fingerprint density at radius 3 is 2.80 bits per heavy atom. The highest BCUT2D eigenvalue weighted by atomic mass is 35.5. The first kappa shape index (κ1) is 21.9. The number of hydrogen-bond donors (Lipinski definition) is 2. The van der Waals surface area contributed by atoms with E-state index in [4.69, 9.17) is 25.9 Å². The molecule has 30 heavy (non-hydrogen) atoms. The molecule has 1 unspecified atom stereocenters. The van der Waals surface area contributed by atoms with Crippen molar-refractivity contribution in [3.63, 3.8) is 0 Å². The molecule has 1 aliphatic heterocycles. The summed E-state index contributed by atoms with van der Waals surface area (Å²) in [5, 5.41) is 9.50. The Morgan fingerprint density at radius 2 is 2.10 bits per heavy atom. The first-order valence-electron chi connectivity index (χ1n) is 9.32. The minimum absolute atomic E-state index is 0.100. The summed E-state index contributed by atoms with van der Waals surface area (Å²) in [4.78, 5) is 30.1. The van der Waals surface area contributed by atoms with Gasteiger partial charge in [-0.25, -0.2) is 0 Å². The molecule has 0 saturated carbocycles. The highest BCUT2D eigenvalue weighted by Gasteiger charge is 2.29. The van der Waals surface area contributed by atoms with E-state index in [1.165, 1.54) is 18.4 Å². The fourth-order valence-electron chi connectivity index (χ4n) is 2.77. The largest absolute Gasteiger partial charge is 0.493 e. The second-order valence-corrected chi connectivity index (χ2v) is 8.10. The number of oxime groups is 1. The Morgan fingerprint density at radius 1 is 1.27 bits per heavy atom. The number of carbonyl (C=O) groups is 2. The molecule has 8 nitrogen and oxygen atoms in total. The number of benzene rings is 1. The maximum absolute atomic E-state index is 12.4. The molecule has 3 rings (SSSR count). The quantitative estimate of drug-likeness (QED) is 0.610. The molecule has 160 valence electrons. The van der Waals surface area contributed by atoms with Crippen molar-refractivity contribution in [2.24, 2.45) is 5.16 Å². The molecule has 2 heterocycles. The van der Waals surface area contributed by atoms with Crippen LogP contribution in [0.15, 0.2) is 35.5 Å². The normalized spacial score (nSPS) is 15.2. The van der Waals surface area contributed by atoms with Crippen molar-refractivity contribution >= 4 is 40.5 Å². The number of nitrogens with one attached hydrogen (secondary N) is 2. The molecule has 1 aromatic heterocycles. The Labute approximate surface area is 183 Å². The second-order valence-electron chi connectivity index (χ2n) is 6.39. The third-order valence-corrected chi connectivity index (χ3v) is 5.53. The van der Waals surface area contributed by atoms with Crippen molar-refractivity contribution in [1.82, 2.24) is 10.6 Å². The van der Waals surface area contributed by atoms with E-state index in [9.17, 15) is 9.59 Å². The van der Waals surface area contributed by atoms with Gasteiger partial charge >= 0.3 is 0 Å². The Bertz CT molecular complexity index is 946. The molecule has 0 aliphatic carbocycles. The number of ether oxygens (including phenoxy) is 2. The van der Waals surface area contributed by atoms with E-state index in [1.807, 2.05) is 13.0 Å². The maximum Gasteiger partial charge on any atom is 0.264 e. The molecule has 10 heteroatoms. The molecule has 2 aromatic rings. The van der Waals surface area contributed by atoms with Crippen molar-refractivity contribution < 1.29 is 23.9 Å². The number of rotatable bonds is 9. The van der Waals surface area contributed by atoms with E-state index in [-0.39, 0.29) is 25.0 Å². The number of amides is 2. The zero-order chi connectivity index (χ0) is 21.5. The van der Waals surface area contributed by atoms with Crippen LogP contribution in [0, 0.1) is 0 Å². The van der Waals surface area contributed by atoms with Crippen molar-refractivity contribution in [3.05, 3.63) is 45.1 Å². The van der Waals surface area contributed by atoms with Crippen LogP contribution in [0.2, 0.25) is 4.34 Å². The summed E-state index contributed by atoms with van der Waals surface area (Å²) in [6.45, 7) is 2.56. The van der Waals surface area contributed by atoms with E-state index in [0.29, 0.717) is 34.5 Å². The molecular weight excluding hydrogens is 430 g/mol. The summed E-state index contributed by atoms with van der Waals surface area (Å²) in [5.41, 5.74) is 1.53. The number of hydrogen-bond acceptors (Lipinski definition) is 7. The van der Waals surface area contributed by atoms with Crippen molar-refractivity contribution in [2.75, 3.05) is 20.3 Å². The van der Waals surface area contributed by atoms with Gasteiger partial charge in [0.25, 0.3) is 11.8 Å². The predicted octanol–water partition coefficient (Wildman–Crippen LogP) is 2.73. The molecule has 1 atom stereocenters. The van der Waals surface area contributed by atoms with Gasteiger partial charge in [-0.3, -0.25) is 9.59 Å². The van der Waals surface area contributed by atoms with E-state index >= 15 is 0 Å². The molecule has 0 saturated heterocycles. The van der Waals surface area contributed by atoms with Crippen LogP contribution in [0.4, 0.5) is 0 Å². The lowest BCUT2D eigenvalue weighted by atomic mass is 10.1. The first-order chi connectivity index (χ1) is 14.5. The molecule has 1 aromatic carbocycles. The van der Waals surface area contributed by atoms with E-state index in [2.05, 4.69) is 15.8 Å². The third kappa shape index (κ3) is 5.64. The molecule has 2 N–H and O–H groups in total. The highest BCUT2D eigenvalue weighted by Crippen LogP contribution is 2.28. The van der Waals surface area contributed by atoms with Gasteiger partial charge in [0.15, 0.2) is 18.1 Å². The number of likely N-dealkylation sites (N-methyl/N-ethyl adjacent to an activating group) is 1. The molecule has 2 amide bonds. The average molecular weight is 452 g/mol. The fraction of sp³-hybridized carbons (Fsp3) is 0.350. The number of carbonyl (C=O) groups excluding carboxylic acids is 2. The standard InChI is InChI=1S/C20H22ClN3O5S/c1-3-22-19(25)11-28-14-5-4-12(8-15(14)27-2)10-23-20(26)16-9-13(24-29-16)17-6-7-18(21)30-17/h4-8,16H,3,9-11H2,1-2H3,(H,22,25)(H,23,26). The third-order valence-electron chi connectivity index (χ3n) is 4.25. The maximum atomic E-state index is 12.4. The lowest BCUT2D eigenvalue weighted by Crippen LogP contribution is -2.34. The SMILES string of the molecule is CCNC(=O)COc1ccc(CNC(=O)C2CC(c3ccc(Cl)s3)=NO2)cc1OC. The zero-order valence-electron chi connectivity index (χ0n) is 16.6. The first-order valence-corrected chi connectivity index (χ1v) is 10.5. The van der Waals surface area contributed by atoms with Crippen molar-refractivity contribution in [2.45, 2.75) is 26.0 Å². The summed E-state index contributed by atoms with van der Waals surface area (Å²) in [6, 6.07) is 8.89. The van der Waals surface area contributed by atoms with Gasteiger partial charge in [-0.1, -0.05) is 22.8 Å². The van der Waals surface area contributed by atoms with Crippen LogP contribution in [0.25, 0.3) is 0 Å². The number of thiophene rings is 1. The van der Waals surface area contributed by atoms with Gasteiger partial charge in [0.2, 0.25) is 6.10 Å². The van der Waals surface area contributed by atoms with Crippen LogP contribution in [-0.4, -0.2) is 43.9 Å². The molecule has 0 radical (unpaired) electrons. The van der Waals surface area contributed by atoms with Gasteiger partial charge in [-0.05, 0) is 36.8 Å². The predicted molar refractivity (Wildman–Crippen MR) is 114 cm³/mol. The Kier molecular flexibility index (Phi) is 7.53. The molecule has 0 spiro atoms. The number of halogens is 1. The molecular formula is C20H22ClN3O5S. The number of methoxy groups -OCH3 is 1. The summed E-state index contributed by atoms with van der Waals surface area (Å²) in [7, 11) is 1.51. The topological polar surface area (TPSA) is 98.3 Å². The smallest absolute Gasteiger partial charge is 0.264 e. The minimum Gasteiger partial charge on any atom is -0.493 e. The zero-order valence-corrected chi connectivity index (χ0v) is 18.1. The summed E-state index contributed by atoms with van der Waals surface area (Å²) < 4.78 is 11.5. The second kappa shape index (κ2) is 10.3. The van der Waals surface area contributed by atoms with Crippen LogP contribution in [0.1, 0.15) is 23.8 Å². The van der Waals surface area contributed by atoms with E-state index in [0.717, 1.165) is 10.4 Å². The lowest BCUT2D eigenvalue weighted by Gasteiger charge is -2.13. The minimum atomic E-state index is -0.678. The van der Waals surface area contributed by atoms with Crippen LogP contribution in [-0.2, 0) is 21.0 Å². The van der Waals surface area contributed by atoms with Crippen LogP contribution < -0.4 is 20.1 Å². The molecule has 0 fully saturated rings. The monoisotopic (exact) mass is 451 g/mol. The Balaban J connectivity index is 1.51. The summed E-state index contributed by atoms with van der Waals surface area (Å²) >= 11 is 7.34. The lowest BCUT2D eigenvalue weighted by molar-refractivity contribution is -0.131. The molecule has 1 aliphatic rings. The summed E-state index contributed by atoms with van der Waals surface area (Å²) in [5.74, 6) is 0.458. The highest BCUT2D eigenvalue weighted by molar-refractivity contribution is 7.18.